The summed E-state index contributed by atoms with van der Waals surface area (Å²) in [5.74, 6) is 1.06. The second kappa shape index (κ2) is 8.38. The van der Waals surface area contributed by atoms with Crippen LogP contribution in [0.5, 0.6) is 0 Å². The maximum Gasteiger partial charge on any atom is 0.251 e. The number of carbonyl (C=O) groups excluding carboxylic acids is 1. The van der Waals surface area contributed by atoms with E-state index in [4.69, 9.17) is 11.6 Å². The number of nitrogens with zero attached hydrogens (tertiary/aromatic N) is 1. The van der Waals surface area contributed by atoms with Gasteiger partial charge in [-0.1, -0.05) is 18.5 Å². The number of hydrogen-bond acceptors (Lipinski definition) is 3. The maximum atomic E-state index is 11.9. The first-order valence-electron chi connectivity index (χ1n) is 6.11. The van der Waals surface area contributed by atoms with Crippen LogP contribution >= 0.6 is 23.4 Å². The van der Waals surface area contributed by atoms with Crippen molar-refractivity contribution in [2.45, 2.75) is 26.2 Å². The molecule has 100 valence electrons. The fourth-order valence-corrected chi connectivity index (χ4v) is 2.26. The molecule has 18 heavy (non-hydrogen) atoms. The SMILES string of the molecule is CCc1cc(C(=O)NCCCCSC)cc(Cl)n1. The van der Waals surface area contributed by atoms with Crippen LogP contribution in [0.4, 0.5) is 0 Å². The predicted molar refractivity (Wildman–Crippen MR) is 78.6 cm³/mol. The van der Waals surface area contributed by atoms with E-state index in [0.29, 0.717) is 17.3 Å². The summed E-state index contributed by atoms with van der Waals surface area (Å²) in [6, 6.07) is 3.40. The Bertz CT molecular complexity index is 399. The molecular weight excluding hydrogens is 268 g/mol. The molecule has 0 aromatic carbocycles. The van der Waals surface area contributed by atoms with Gasteiger partial charge in [-0.3, -0.25) is 4.79 Å². The smallest absolute Gasteiger partial charge is 0.251 e. The molecule has 1 amide bonds. The first-order chi connectivity index (χ1) is 8.67. The number of carbonyl (C=O) groups is 1. The number of amides is 1. The molecule has 0 fully saturated rings. The molecule has 0 aliphatic rings. The van der Waals surface area contributed by atoms with Crippen molar-refractivity contribution in [3.63, 3.8) is 0 Å². The number of aryl methyl sites for hydroxylation is 1. The molecule has 0 atom stereocenters. The monoisotopic (exact) mass is 286 g/mol. The van der Waals surface area contributed by atoms with E-state index in [1.165, 1.54) is 0 Å². The van der Waals surface area contributed by atoms with Gasteiger partial charge in [-0.2, -0.15) is 11.8 Å². The summed E-state index contributed by atoms with van der Waals surface area (Å²) < 4.78 is 0. The molecule has 1 aromatic heterocycles. The summed E-state index contributed by atoms with van der Waals surface area (Å²) in [4.78, 5) is 16.0. The second-order valence-electron chi connectivity index (χ2n) is 3.98. The zero-order valence-corrected chi connectivity index (χ0v) is 12.4. The minimum absolute atomic E-state index is 0.0712. The predicted octanol–water partition coefficient (Wildman–Crippen LogP) is 3.17. The van der Waals surface area contributed by atoms with Crippen LogP contribution in [0, 0.1) is 0 Å². The van der Waals surface area contributed by atoms with Gasteiger partial charge < -0.3 is 5.32 Å². The van der Waals surface area contributed by atoms with Crippen LogP contribution in [0.3, 0.4) is 0 Å². The highest BCUT2D eigenvalue weighted by atomic mass is 35.5. The van der Waals surface area contributed by atoms with Gasteiger partial charge in [0.1, 0.15) is 5.15 Å². The molecule has 1 heterocycles. The number of hydrogen-bond donors (Lipinski definition) is 1. The Kier molecular flexibility index (Phi) is 7.13. The number of unbranched alkanes of at least 4 members (excludes halogenated alkanes) is 1. The van der Waals surface area contributed by atoms with Crippen LogP contribution in [-0.2, 0) is 6.42 Å². The highest BCUT2D eigenvalue weighted by Gasteiger charge is 2.08. The Morgan fingerprint density at radius 2 is 2.22 bits per heavy atom. The molecule has 0 aliphatic carbocycles. The van der Waals surface area contributed by atoms with Crippen molar-refractivity contribution < 1.29 is 4.79 Å². The first-order valence-corrected chi connectivity index (χ1v) is 7.88. The third-order valence-corrected chi connectivity index (χ3v) is 3.42. The molecule has 0 bridgehead atoms. The molecule has 0 radical (unpaired) electrons. The fraction of sp³-hybridized carbons (Fsp3) is 0.538. The Labute approximate surface area is 118 Å². The average molecular weight is 287 g/mol. The van der Waals surface area contributed by atoms with Gasteiger partial charge in [0.15, 0.2) is 0 Å². The lowest BCUT2D eigenvalue weighted by Crippen LogP contribution is -2.24. The molecule has 0 aliphatic heterocycles. The zero-order chi connectivity index (χ0) is 13.4. The minimum Gasteiger partial charge on any atom is -0.352 e. The van der Waals surface area contributed by atoms with Crippen LogP contribution in [0.1, 0.15) is 35.8 Å². The molecule has 0 saturated heterocycles. The van der Waals surface area contributed by atoms with E-state index in [1.54, 1.807) is 12.1 Å². The normalized spacial score (nSPS) is 10.4. The number of pyridine rings is 1. The standard InChI is InChI=1S/C13H19ClN2OS/c1-3-11-8-10(9-12(14)16-11)13(17)15-6-4-5-7-18-2/h8-9H,3-7H2,1-2H3,(H,15,17). The van der Waals surface area contributed by atoms with E-state index in [9.17, 15) is 4.79 Å². The average Bonchev–Trinajstić information content (AvgIpc) is 2.37. The molecule has 0 unspecified atom stereocenters. The lowest BCUT2D eigenvalue weighted by molar-refractivity contribution is 0.0953. The van der Waals surface area contributed by atoms with Crippen LogP contribution in [-0.4, -0.2) is 29.4 Å². The highest BCUT2D eigenvalue weighted by Crippen LogP contribution is 2.11. The molecule has 0 saturated carbocycles. The summed E-state index contributed by atoms with van der Waals surface area (Å²) >= 11 is 7.71. The van der Waals surface area contributed by atoms with Gasteiger partial charge in [-0.25, -0.2) is 4.98 Å². The third-order valence-electron chi connectivity index (χ3n) is 2.53. The van der Waals surface area contributed by atoms with Crippen molar-refractivity contribution in [3.8, 4) is 0 Å². The quantitative estimate of drug-likeness (QED) is 0.618. The topological polar surface area (TPSA) is 42.0 Å². The summed E-state index contributed by atoms with van der Waals surface area (Å²) in [7, 11) is 0. The maximum absolute atomic E-state index is 11.9. The van der Waals surface area contributed by atoms with Gasteiger partial charge in [-0.15, -0.1) is 0 Å². The van der Waals surface area contributed by atoms with E-state index in [-0.39, 0.29) is 5.91 Å². The Morgan fingerprint density at radius 1 is 1.44 bits per heavy atom. The van der Waals surface area contributed by atoms with E-state index in [1.807, 2.05) is 18.7 Å². The van der Waals surface area contributed by atoms with Gasteiger partial charge in [0, 0.05) is 17.8 Å². The van der Waals surface area contributed by atoms with E-state index in [2.05, 4.69) is 16.6 Å². The highest BCUT2D eigenvalue weighted by molar-refractivity contribution is 7.98. The Morgan fingerprint density at radius 3 is 2.89 bits per heavy atom. The molecule has 1 aromatic rings. The van der Waals surface area contributed by atoms with Crippen molar-refractivity contribution in [3.05, 3.63) is 28.5 Å². The molecule has 3 nitrogen and oxygen atoms in total. The molecular formula is C13H19ClN2OS. The second-order valence-corrected chi connectivity index (χ2v) is 5.35. The minimum atomic E-state index is -0.0712. The van der Waals surface area contributed by atoms with Crippen molar-refractivity contribution in [1.29, 1.82) is 0 Å². The molecule has 1 rings (SSSR count). The van der Waals surface area contributed by atoms with E-state index in [0.717, 1.165) is 30.7 Å². The number of aromatic nitrogens is 1. The van der Waals surface area contributed by atoms with Gasteiger partial charge in [0.25, 0.3) is 5.91 Å². The van der Waals surface area contributed by atoms with Crippen LogP contribution in [0.25, 0.3) is 0 Å². The number of rotatable bonds is 7. The summed E-state index contributed by atoms with van der Waals surface area (Å²) in [5.41, 5.74) is 1.44. The van der Waals surface area contributed by atoms with Crippen LogP contribution < -0.4 is 5.32 Å². The first kappa shape index (κ1) is 15.3. The summed E-state index contributed by atoms with van der Waals surface area (Å²) in [5, 5.41) is 3.28. The Balaban J connectivity index is 2.48. The van der Waals surface area contributed by atoms with Crippen molar-refractivity contribution >= 4 is 29.3 Å². The fourth-order valence-electron chi connectivity index (χ4n) is 1.54. The van der Waals surface area contributed by atoms with Crippen molar-refractivity contribution in [2.24, 2.45) is 0 Å². The third kappa shape index (κ3) is 5.27. The zero-order valence-electron chi connectivity index (χ0n) is 10.8. The van der Waals surface area contributed by atoms with E-state index < -0.39 is 0 Å². The van der Waals surface area contributed by atoms with Gasteiger partial charge in [-0.05, 0) is 43.4 Å². The molecule has 1 N–H and O–H groups in total. The van der Waals surface area contributed by atoms with Crippen molar-refractivity contribution in [1.82, 2.24) is 10.3 Å². The summed E-state index contributed by atoms with van der Waals surface area (Å²) in [6.07, 6.45) is 4.99. The Hall–Kier alpha value is -0.740. The van der Waals surface area contributed by atoms with Gasteiger partial charge >= 0.3 is 0 Å². The number of thioether (sulfide) groups is 1. The molecule has 5 heteroatoms. The number of nitrogens with one attached hydrogen (secondary N) is 1. The summed E-state index contributed by atoms with van der Waals surface area (Å²) in [6.45, 7) is 2.70. The lowest BCUT2D eigenvalue weighted by Gasteiger charge is -2.06. The largest absolute Gasteiger partial charge is 0.352 e. The van der Waals surface area contributed by atoms with E-state index >= 15 is 0 Å². The van der Waals surface area contributed by atoms with Crippen LogP contribution in [0.15, 0.2) is 12.1 Å². The lowest BCUT2D eigenvalue weighted by atomic mass is 10.2. The van der Waals surface area contributed by atoms with Crippen LogP contribution in [0.2, 0.25) is 5.15 Å². The van der Waals surface area contributed by atoms with Gasteiger partial charge in [0.05, 0.1) is 0 Å². The number of halogens is 1. The molecule has 0 spiro atoms. The van der Waals surface area contributed by atoms with Crippen molar-refractivity contribution in [2.75, 3.05) is 18.6 Å². The van der Waals surface area contributed by atoms with Gasteiger partial charge in [0.2, 0.25) is 0 Å².